The van der Waals surface area contributed by atoms with E-state index in [0.717, 1.165) is 25.6 Å². The first-order valence-corrected chi connectivity index (χ1v) is 6.17. The highest BCUT2D eigenvalue weighted by atomic mass is 16.5. The predicted molar refractivity (Wildman–Crippen MR) is 72.6 cm³/mol. The number of nitrogens with zero attached hydrogens (tertiary/aromatic N) is 3. The van der Waals surface area contributed by atoms with Gasteiger partial charge in [0.05, 0.1) is 6.61 Å². The topological polar surface area (TPSA) is 63.5 Å². The Hall–Kier alpha value is -1.56. The van der Waals surface area contributed by atoms with Crippen LogP contribution in [0, 0.1) is 5.92 Å². The van der Waals surface area contributed by atoms with Gasteiger partial charge in [0.1, 0.15) is 0 Å². The van der Waals surface area contributed by atoms with Crippen LogP contribution >= 0.6 is 0 Å². The van der Waals surface area contributed by atoms with Crippen molar-refractivity contribution in [1.82, 2.24) is 20.4 Å². The van der Waals surface area contributed by atoms with Crippen molar-refractivity contribution in [3.8, 4) is 0 Å². The van der Waals surface area contributed by atoms with E-state index < -0.39 is 0 Å². The number of nitrogens with one attached hydrogen (secondary N) is 2. The molecule has 0 saturated heterocycles. The quantitative estimate of drug-likeness (QED) is 0.417. The third-order valence-corrected chi connectivity index (χ3v) is 2.50. The van der Waals surface area contributed by atoms with Gasteiger partial charge in [-0.2, -0.15) is 5.10 Å². The largest absolute Gasteiger partial charge is 0.383 e. The Balaban J connectivity index is 2.21. The fraction of sp³-hybridized carbons (Fsp3) is 0.667. The van der Waals surface area contributed by atoms with Crippen molar-refractivity contribution in [3.05, 3.63) is 18.5 Å². The summed E-state index contributed by atoms with van der Waals surface area (Å²) < 4.78 is 6.91. The van der Waals surface area contributed by atoms with Crippen LogP contribution in [0.4, 0.5) is 0 Å². The first-order chi connectivity index (χ1) is 8.76. The molecule has 0 aliphatic carbocycles. The van der Waals surface area contributed by atoms with Gasteiger partial charge in [0.25, 0.3) is 0 Å². The first kappa shape index (κ1) is 14.5. The van der Waals surface area contributed by atoms with E-state index in [-0.39, 0.29) is 0 Å². The third kappa shape index (κ3) is 5.67. The highest BCUT2D eigenvalue weighted by Gasteiger charge is 2.04. The maximum absolute atomic E-state index is 4.98. The van der Waals surface area contributed by atoms with Gasteiger partial charge in [0.15, 0.2) is 5.96 Å². The van der Waals surface area contributed by atoms with Crippen molar-refractivity contribution in [3.63, 3.8) is 0 Å². The Morgan fingerprint density at radius 3 is 2.94 bits per heavy atom. The molecule has 1 heterocycles. The molecular formula is C12H23N5O. The summed E-state index contributed by atoms with van der Waals surface area (Å²) in [6.45, 7) is 5.35. The van der Waals surface area contributed by atoms with Gasteiger partial charge in [-0.05, 0) is 12.0 Å². The molecule has 2 N–H and O–H groups in total. The average Bonchev–Trinajstić information content (AvgIpc) is 2.86. The molecule has 1 unspecified atom stereocenters. The van der Waals surface area contributed by atoms with Gasteiger partial charge in [-0.3, -0.25) is 9.67 Å². The van der Waals surface area contributed by atoms with Gasteiger partial charge in [-0.15, -0.1) is 0 Å². The Morgan fingerprint density at radius 1 is 1.50 bits per heavy atom. The second-order valence-electron chi connectivity index (χ2n) is 4.21. The molecule has 1 rings (SSSR count). The fourth-order valence-electron chi connectivity index (χ4n) is 1.56. The monoisotopic (exact) mass is 253 g/mol. The van der Waals surface area contributed by atoms with E-state index in [1.807, 2.05) is 16.9 Å². The van der Waals surface area contributed by atoms with Crippen LogP contribution in [0.3, 0.4) is 0 Å². The molecule has 1 aromatic rings. The maximum atomic E-state index is 4.98. The Morgan fingerprint density at radius 2 is 2.33 bits per heavy atom. The van der Waals surface area contributed by atoms with Crippen LogP contribution in [-0.2, 0) is 11.3 Å². The van der Waals surface area contributed by atoms with Crippen molar-refractivity contribution in [1.29, 1.82) is 0 Å². The number of ether oxygens (including phenoxy) is 1. The van der Waals surface area contributed by atoms with Crippen molar-refractivity contribution in [2.75, 3.05) is 33.9 Å². The second kappa shape index (κ2) is 8.52. The molecule has 18 heavy (non-hydrogen) atoms. The summed E-state index contributed by atoms with van der Waals surface area (Å²) in [7, 11) is 3.45. The van der Waals surface area contributed by atoms with E-state index in [0.29, 0.717) is 12.5 Å². The normalized spacial score (nSPS) is 13.4. The lowest BCUT2D eigenvalue weighted by Crippen LogP contribution is -2.41. The number of aromatic nitrogens is 2. The van der Waals surface area contributed by atoms with Crippen LogP contribution in [0.1, 0.15) is 6.92 Å². The second-order valence-corrected chi connectivity index (χ2v) is 4.21. The number of rotatable bonds is 7. The predicted octanol–water partition coefficient (Wildman–Crippen LogP) is 0.331. The molecule has 0 radical (unpaired) electrons. The molecule has 0 saturated carbocycles. The van der Waals surface area contributed by atoms with Crippen LogP contribution in [-0.4, -0.2) is 49.6 Å². The molecule has 6 nitrogen and oxygen atoms in total. The SMILES string of the molecule is CN=C(NCCOC)NCC(C)Cn1cccn1. The zero-order chi connectivity index (χ0) is 13.2. The van der Waals surface area contributed by atoms with Crippen molar-refractivity contribution in [2.24, 2.45) is 10.9 Å². The van der Waals surface area contributed by atoms with Crippen LogP contribution in [0.2, 0.25) is 0 Å². The number of hydrogen-bond acceptors (Lipinski definition) is 3. The first-order valence-electron chi connectivity index (χ1n) is 6.17. The van der Waals surface area contributed by atoms with E-state index in [2.05, 4.69) is 27.6 Å². The minimum Gasteiger partial charge on any atom is -0.383 e. The lowest BCUT2D eigenvalue weighted by atomic mass is 10.2. The molecule has 0 aliphatic rings. The molecule has 0 amide bonds. The van der Waals surface area contributed by atoms with Gasteiger partial charge in [-0.1, -0.05) is 6.92 Å². The molecular weight excluding hydrogens is 230 g/mol. The molecule has 6 heteroatoms. The summed E-state index contributed by atoms with van der Waals surface area (Å²) in [5.74, 6) is 1.28. The summed E-state index contributed by atoms with van der Waals surface area (Å²) in [5.41, 5.74) is 0. The minimum atomic E-state index is 0.478. The van der Waals surface area contributed by atoms with Gasteiger partial charge in [0.2, 0.25) is 0 Å². The molecule has 0 spiro atoms. The van der Waals surface area contributed by atoms with Crippen molar-refractivity contribution in [2.45, 2.75) is 13.5 Å². The van der Waals surface area contributed by atoms with Crippen molar-refractivity contribution < 1.29 is 4.74 Å². The van der Waals surface area contributed by atoms with E-state index in [1.165, 1.54) is 0 Å². The Kier molecular flexibility index (Phi) is 6.86. The van der Waals surface area contributed by atoms with E-state index >= 15 is 0 Å². The van der Waals surface area contributed by atoms with Gasteiger partial charge < -0.3 is 15.4 Å². The number of aliphatic imine (C=N–C) groups is 1. The van der Waals surface area contributed by atoms with Crippen molar-refractivity contribution >= 4 is 5.96 Å². The number of hydrogen-bond donors (Lipinski definition) is 2. The summed E-state index contributed by atoms with van der Waals surface area (Å²) in [4.78, 5) is 4.15. The van der Waals surface area contributed by atoms with E-state index in [1.54, 1.807) is 20.4 Å². The zero-order valence-electron chi connectivity index (χ0n) is 11.4. The third-order valence-electron chi connectivity index (χ3n) is 2.50. The molecule has 1 aromatic heterocycles. The smallest absolute Gasteiger partial charge is 0.191 e. The molecule has 0 aromatic carbocycles. The lowest BCUT2D eigenvalue weighted by molar-refractivity contribution is 0.203. The zero-order valence-corrected chi connectivity index (χ0v) is 11.4. The summed E-state index contributed by atoms with van der Waals surface area (Å²) in [6.07, 6.45) is 3.77. The molecule has 102 valence electrons. The van der Waals surface area contributed by atoms with Crippen LogP contribution < -0.4 is 10.6 Å². The van der Waals surface area contributed by atoms with E-state index in [9.17, 15) is 0 Å². The maximum Gasteiger partial charge on any atom is 0.191 e. The van der Waals surface area contributed by atoms with Gasteiger partial charge in [-0.25, -0.2) is 0 Å². The van der Waals surface area contributed by atoms with E-state index in [4.69, 9.17) is 4.74 Å². The van der Waals surface area contributed by atoms with Crippen LogP contribution in [0.5, 0.6) is 0 Å². The summed E-state index contributed by atoms with van der Waals surface area (Å²) in [5, 5.41) is 10.6. The number of guanidine groups is 1. The Bertz CT molecular complexity index is 336. The molecule has 0 fully saturated rings. The molecule has 0 bridgehead atoms. The molecule has 0 aliphatic heterocycles. The average molecular weight is 253 g/mol. The molecule has 1 atom stereocenters. The highest BCUT2D eigenvalue weighted by Crippen LogP contribution is 1.97. The standard InChI is InChI=1S/C12H23N5O/c1-11(10-17-7-4-5-16-17)9-15-12(13-2)14-6-8-18-3/h4-5,7,11H,6,8-10H2,1-3H3,(H2,13,14,15). The summed E-state index contributed by atoms with van der Waals surface area (Å²) >= 11 is 0. The number of methoxy groups -OCH3 is 1. The van der Waals surface area contributed by atoms with Gasteiger partial charge in [0, 0.05) is 46.2 Å². The summed E-state index contributed by atoms with van der Waals surface area (Å²) in [6, 6.07) is 1.94. The van der Waals surface area contributed by atoms with Gasteiger partial charge >= 0.3 is 0 Å². The lowest BCUT2D eigenvalue weighted by Gasteiger charge is -2.16. The van der Waals surface area contributed by atoms with Crippen LogP contribution in [0.25, 0.3) is 0 Å². The fourth-order valence-corrected chi connectivity index (χ4v) is 1.56. The van der Waals surface area contributed by atoms with Crippen LogP contribution in [0.15, 0.2) is 23.5 Å². The highest BCUT2D eigenvalue weighted by molar-refractivity contribution is 5.79. The minimum absolute atomic E-state index is 0.478. The Labute approximate surface area is 108 Å².